The number of nitrogens with zero attached hydrogens (tertiary/aromatic N) is 3. The summed E-state index contributed by atoms with van der Waals surface area (Å²) < 4.78 is 5.50. The highest BCUT2D eigenvalue weighted by atomic mass is 16.5. The number of fused-ring (bicyclic) bond motifs is 1. The Bertz CT molecular complexity index is 1160. The van der Waals surface area contributed by atoms with Crippen molar-refractivity contribution in [3.05, 3.63) is 66.1 Å². The van der Waals surface area contributed by atoms with E-state index in [1.54, 1.807) is 0 Å². The molecule has 2 aromatic carbocycles. The van der Waals surface area contributed by atoms with Crippen LogP contribution in [0.4, 0.5) is 5.69 Å². The van der Waals surface area contributed by atoms with E-state index in [2.05, 4.69) is 28.1 Å². The van der Waals surface area contributed by atoms with Gasteiger partial charge in [0.15, 0.2) is 5.82 Å². The molecule has 140 valence electrons. The summed E-state index contributed by atoms with van der Waals surface area (Å²) in [7, 11) is 0. The third kappa shape index (κ3) is 2.78. The van der Waals surface area contributed by atoms with Gasteiger partial charge in [-0.3, -0.25) is 4.79 Å². The van der Waals surface area contributed by atoms with E-state index in [1.807, 2.05) is 53.6 Å². The van der Waals surface area contributed by atoms with E-state index >= 15 is 0 Å². The summed E-state index contributed by atoms with van der Waals surface area (Å²) in [4.78, 5) is 22.3. The Morgan fingerprint density at radius 2 is 2.11 bits per heavy atom. The Morgan fingerprint density at radius 3 is 3.00 bits per heavy atom. The average Bonchev–Trinajstić information content (AvgIpc) is 3.46. The monoisotopic (exact) mass is 372 g/mol. The molecule has 1 aliphatic rings. The molecule has 0 bridgehead atoms. The molecular formula is C22H20N4O2. The van der Waals surface area contributed by atoms with Crippen molar-refractivity contribution in [3.63, 3.8) is 0 Å². The lowest BCUT2D eigenvalue weighted by molar-refractivity contribution is -0.117. The number of aromatic nitrogens is 3. The van der Waals surface area contributed by atoms with Crippen LogP contribution in [0.25, 0.3) is 22.4 Å². The van der Waals surface area contributed by atoms with Gasteiger partial charge in [0, 0.05) is 41.8 Å². The molecule has 6 heteroatoms. The van der Waals surface area contributed by atoms with Gasteiger partial charge >= 0.3 is 0 Å². The zero-order valence-electron chi connectivity index (χ0n) is 15.6. The largest absolute Gasteiger partial charge is 0.361 e. The molecule has 5 rings (SSSR count). The minimum atomic E-state index is -0.0656. The Morgan fingerprint density at radius 1 is 1.21 bits per heavy atom. The number of anilines is 1. The number of aromatic amines is 1. The number of para-hydroxylation sites is 1. The topological polar surface area (TPSA) is 75.0 Å². The molecule has 1 N–H and O–H groups in total. The summed E-state index contributed by atoms with van der Waals surface area (Å²) in [6.45, 7) is 2.67. The number of aryl methyl sites for hydroxylation is 1. The predicted molar refractivity (Wildman–Crippen MR) is 107 cm³/mol. The molecule has 28 heavy (non-hydrogen) atoms. The number of carbonyl (C=O) groups excluding carboxylic acids is 1. The molecule has 1 fully saturated rings. The second-order valence-corrected chi connectivity index (χ2v) is 7.13. The minimum absolute atomic E-state index is 0.0656. The van der Waals surface area contributed by atoms with E-state index < -0.39 is 0 Å². The van der Waals surface area contributed by atoms with Gasteiger partial charge in [-0.15, -0.1) is 0 Å². The highest BCUT2D eigenvalue weighted by molar-refractivity contribution is 5.97. The summed E-state index contributed by atoms with van der Waals surface area (Å²) in [5.74, 6) is 1.10. The van der Waals surface area contributed by atoms with Gasteiger partial charge in [-0.25, -0.2) is 0 Å². The normalized spacial score (nSPS) is 17.0. The van der Waals surface area contributed by atoms with Gasteiger partial charge < -0.3 is 14.4 Å². The van der Waals surface area contributed by atoms with Gasteiger partial charge in [-0.05, 0) is 41.6 Å². The molecule has 6 nitrogen and oxygen atoms in total. The van der Waals surface area contributed by atoms with Gasteiger partial charge in [0.25, 0.3) is 5.89 Å². The summed E-state index contributed by atoms with van der Waals surface area (Å²) >= 11 is 0. The number of carbonyl (C=O) groups is 1. The van der Waals surface area contributed by atoms with Crippen molar-refractivity contribution in [2.75, 3.05) is 11.4 Å². The standard InChI is InChI=1S/C22H20N4O2/c1-2-14-5-3-4-6-19(14)26-13-17(12-20(26)27)21-24-22(28-25-21)16-8-7-15-9-10-23-18(15)11-16/h3-11,17,23H,2,12-13H2,1H3. The predicted octanol–water partition coefficient (Wildman–Crippen LogP) is 4.30. The van der Waals surface area contributed by atoms with Crippen LogP contribution in [0.5, 0.6) is 0 Å². The van der Waals surface area contributed by atoms with Gasteiger partial charge in [-0.2, -0.15) is 4.98 Å². The second-order valence-electron chi connectivity index (χ2n) is 7.13. The van der Waals surface area contributed by atoms with E-state index in [9.17, 15) is 4.79 Å². The molecule has 1 saturated heterocycles. The summed E-state index contributed by atoms with van der Waals surface area (Å²) in [5, 5.41) is 5.31. The Hall–Kier alpha value is -3.41. The first-order chi connectivity index (χ1) is 13.7. The number of amides is 1. The fraction of sp³-hybridized carbons (Fsp3) is 0.227. The first kappa shape index (κ1) is 16.7. The Balaban J connectivity index is 1.41. The van der Waals surface area contributed by atoms with Crippen molar-refractivity contribution >= 4 is 22.5 Å². The van der Waals surface area contributed by atoms with Gasteiger partial charge in [0.05, 0.1) is 0 Å². The first-order valence-electron chi connectivity index (χ1n) is 9.52. The molecule has 2 aromatic heterocycles. The van der Waals surface area contributed by atoms with Crippen molar-refractivity contribution < 1.29 is 9.32 Å². The van der Waals surface area contributed by atoms with Gasteiger partial charge in [0.1, 0.15) is 0 Å². The minimum Gasteiger partial charge on any atom is -0.361 e. The quantitative estimate of drug-likeness (QED) is 0.579. The third-order valence-corrected chi connectivity index (χ3v) is 5.40. The molecule has 3 heterocycles. The lowest BCUT2D eigenvalue weighted by Gasteiger charge is -2.19. The molecule has 1 unspecified atom stereocenters. The van der Waals surface area contributed by atoms with Crippen molar-refractivity contribution in [3.8, 4) is 11.5 Å². The summed E-state index contributed by atoms with van der Waals surface area (Å²) in [6, 6.07) is 16.1. The van der Waals surface area contributed by atoms with Crippen LogP contribution in [-0.2, 0) is 11.2 Å². The van der Waals surface area contributed by atoms with Crippen molar-refractivity contribution in [1.82, 2.24) is 15.1 Å². The van der Waals surface area contributed by atoms with Gasteiger partial charge in [0.2, 0.25) is 5.91 Å². The number of benzene rings is 2. The van der Waals surface area contributed by atoms with Gasteiger partial charge in [-0.1, -0.05) is 36.3 Å². The highest BCUT2D eigenvalue weighted by Crippen LogP contribution is 2.33. The summed E-state index contributed by atoms with van der Waals surface area (Å²) in [5.41, 5.74) is 4.05. The molecule has 0 radical (unpaired) electrons. The van der Waals surface area contributed by atoms with E-state index in [0.29, 0.717) is 24.7 Å². The number of rotatable bonds is 4. The van der Waals surface area contributed by atoms with E-state index in [-0.39, 0.29) is 11.8 Å². The maximum absolute atomic E-state index is 12.7. The highest BCUT2D eigenvalue weighted by Gasteiger charge is 2.35. The molecule has 0 aliphatic carbocycles. The van der Waals surface area contributed by atoms with E-state index in [4.69, 9.17) is 4.52 Å². The number of hydrogen-bond acceptors (Lipinski definition) is 4. The van der Waals surface area contributed by atoms with Crippen LogP contribution in [-0.4, -0.2) is 27.6 Å². The van der Waals surface area contributed by atoms with Crippen LogP contribution < -0.4 is 4.90 Å². The second kappa shape index (κ2) is 6.64. The number of H-pyrrole nitrogens is 1. The lowest BCUT2D eigenvalue weighted by Crippen LogP contribution is -2.25. The van der Waals surface area contributed by atoms with Crippen LogP contribution >= 0.6 is 0 Å². The maximum atomic E-state index is 12.7. The summed E-state index contributed by atoms with van der Waals surface area (Å²) in [6.07, 6.45) is 3.19. The van der Waals surface area contributed by atoms with Crippen LogP contribution in [0.1, 0.15) is 30.7 Å². The van der Waals surface area contributed by atoms with Crippen molar-refractivity contribution in [2.45, 2.75) is 25.7 Å². The smallest absolute Gasteiger partial charge is 0.258 e. The first-order valence-corrected chi connectivity index (χ1v) is 9.52. The molecule has 4 aromatic rings. The Labute approximate surface area is 162 Å². The Kier molecular flexibility index (Phi) is 3.97. The number of nitrogens with one attached hydrogen (secondary N) is 1. The third-order valence-electron chi connectivity index (χ3n) is 5.40. The molecular weight excluding hydrogens is 352 g/mol. The van der Waals surface area contributed by atoms with Crippen LogP contribution in [0.15, 0.2) is 59.3 Å². The van der Waals surface area contributed by atoms with E-state index in [1.165, 1.54) is 5.56 Å². The fourth-order valence-electron chi connectivity index (χ4n) is 3.89. The molecule has 1 atom stereocenters. The zero-order valence-corrected chi connectivity index (χ0v) is 15.6. The van der Waals surface area contributed by atoms with Crippen LogP contribution in [0.2, 0.25) is 0 Å². The number of hydrogen-bond donors (Lipinski definition) is 1. The van der Waals surface area contributed by atoms with Crippen molar-refractivity contribution in [1.29, 1.82) is 0 Å². The maximum Gasteiger partial charge on any atom is 0.258 e. The fourth-order valence-corrected chi connectivity index (χ4v) is 3.89. The van der Waals surface area contributed by atoms with Crippen molar-refractivity contribution in [2.24, 2.45) is 0 Å². The molecule has 1 aliphatic heterocycles. The molecule has 0 spiro atoms. The molecule has 1 amide bonds. The SMILES string of the molecule is CCc1ccccc1N1CC(c2noc(-c3ccc4cc[nH]c4c3)n2)CC1=O. The molecule has 0 saturated carbocycles. The lowest BCUT2D eigenvalue weighted by atomic mass is 10.1. The zero-order chi connectivity index (χ0) is 19.1. The van der Waals surface area contributed by atoms with Crippen LogP contribution in [0, 0.1) is 0 Å². The van der Waals surface area contributed by atoms with E-state index in [0.717, 1.165) is 28.6 Å². The van der Waals surface area contributed by atoms with Crippen LogP contribution in [0.3, 0.4) is 0 Å². The average molecular weight is 372 g/mol.